The fraction of sp³-hybridized carbons (Fsp3) is 0.636. The third-order valence-corrected chi connectivity index (χ3v) is 3.43. The summed E-state index contributed by atoms with van der Waals surface area (Å²) < 4.78 is 5.69. The van der Waals surface area contributed by atoms with Gasteiger partial charge in [-0.15, -0.1) is 11.3 Å². The highest BCUT2D eigenvalue weighted by molar-refractivity contribution is 7.09. The highest BCUT2D eigenvalue weighted by Crippen LogP contribution is 2.13. The van der Waals surface area contributed by atoms with Crippen LogP contribution >= 0.6 is 11.3 Å². The van der Waals surface area contributed by atoms with Crippen LogP contribution in [-0.4, -0.2) is 23.5 Å². The molecule has 0 aliphatic heterocycles. The predicted octanol–water partition coefficient (Wildman–Crippen LogP) is 2.12. The molecule has 5 heteroatoms. The fourth-order valence-electron chi connectivity index (χ4n) is 1.45. The van der Waals surface area contributed by atoms with Gasteiger partial charge in [0.2, 0.25) is 0 Å². The Kier molecular flexibility index (Phi) is 5.42. The van der Waals surface area contributed by atoms with Crippen molar-refractivity contribution in [1.29, 1.82) is 5.41 Å². The third kappa shape index (κ3) is 4.28. The third-order valence-electron chi connectivity index (χ3n) is 2.43. The Morgan fingerprint density at radius 1 is 1.69 bits per heavy atom. The van der Waals surface area contributed by atoms with Crippen LogP contribution in [0.25, 0.3) is 0 Å². The number of aryl methyl sites for hydroxylation is 1. The summed E-state index contributed by atoms with van der Waals surface area (Å²) >= 11 is 1.66. The first-order chi connectivity index (χ1) is 7.63. The quantitative estimate of drug-likeness (QED) is 0.567. The minimum absolute atomic E-state index is 0.0747. The van der Waals surface area contributed by atoms with Crippen molar-refractivity contribution >= 4 is 17.2 Å². The van der Waals surface area contributed by atoms with E-state index in [0.717, 1.165) is 18.5 Å². The lowest BCUT2D eigenvalue weighted by Gasteiger charge is -2.14. The number of thiazole rings is 1. The molecule has 1 aromatic heterocycles. The van der Waals surface area contributed by atoms with Gasteiger partial charge in [0.15, 0.2) is 0 Å². The van der Waals surface area contributed by atoms with E-state index >= 15 is 0 Å². The van der Waals surface area contributed by atoms with Crippen LogP contribution in [0.2, 0.25) is 0 Å². The number of aromatic nitrogens is 1. The molecule has 0 aliphatic carbocycles. The molecule has 0 aromatic carbocycles. The summed E-state index contributed by atoms with van der Waals surface area (Å²) in [6.45, 7) is 4.74. The van der Waals surface area contributed by atoms with E-state index in [0.29, 0.717) is 13.0 Å². The zero-order chi connectivity index (χ0) is 12.0. The Bertz CT molecular complexity index is 338. The van der Waals surface area contributed by atoms with Gasteiger partial charge >= 0.3 is 0 Å². The van der Waals surface area contributed by atoms with Crippen molar-refractivity contribution in [3.05, 3.63) is 16.1 Å². The van der Waals surface area contributed by atoms with E-state index in [-0.39, 0.29) is 11.9 Å². The Labute approximate surface area is 100 Å². The summed E-state index contributed by atoms with van der Waals surface area (Å²) in [6.07, 6.45) is 2.38. The maximum Gasteiger partial charge on any atom is 0.0931 e. The first-order valence-electron chi connectivity index (χ1n) is 5.47. The Morgan fingerprint density at radius 2 is 2.44 bits per heavy atom. The maximum atomic E-state index is 7.23. The van der Waals surface area contributed by atoms with Gasteiger partial charge in [0.1, 0.15) is 0 Å². The second kappa shape index (κ2) is 6.60. The van der Waals surface area contributed by atoms with E-state index < -0.39 is 0 Å². The van der Waals surface area contributed by atoms with Crippen molar-refractivity contribution in [2.75, 3.05) is 6.61 Å². The van der Waals surface area contributed by atoms with Crippen molar-refractivity contribution in [1.82, 2.24) is 4.98 Å². The van der Waals surface area contributed by atoms with Crippen LogP contribution in [0, 0.1) is 12.3 Å². The van der Waals surface area contributed by atoms with Crippen LogP contribution in [0.15, 0.2) is 5.51 Å². The molecule has 1 atom stereocenters. The molecule has 0 bridgehead atoms. The molecule has 1 heterocycles. The molecule has 0 radical (unpaired) electrons. The monoisotopic (exact) mass is 241 g/mol. The molecule has 0 fully saturated rings. The van der Waals surface area contributed by atoms with Crippen LogP contribution in [0.4, 0.5) is 0 Å². The van der Waals surface area contributed by atoms with Crippen LogP contribution in [-0.2, 0) is 11.2 Å². The SMILES string of the molecule is CCC(CC(=N)N)OCCc1scnc1C. The summed E-state index contributed by atoms with van der Waals surface area (Å²) in [5, 5.41) is 7.23. The van der Waals surface area contributed by atoms with Crippen molar-refractivity contribution in [2.45, 2.75) is 39.2 Å². The van der Waals surface area contributed by atoms with E-state index in [1.54, 1.807) is 11.3 Å². The molecule has 90 valence electrons. The molecule has 0 aliphatic rings. The first kappa shape index (κ1) is 13.1. The number of hydrogen-bond donors (Lipinski definition) is 2. The average Bonchev–Trinajstić information content (AvgIpc) is 2.62. The van der Waals surface area contributed by atoms with Gasteiger partial charge < -0.3 is 10.5 Å². The number of rotatable bonds is 7. The van der Waals surface area contributed by atoms with E-state index in [1.165, 1.54) is 4.88 Å². The lowest BCUT2D eigenvalue weighted by Crippen LogP contribution is -2.22. The van der Waals surface area contributed by atoms with E-state index in [2.05, 4.69) is 4.98 Å². The topological polar surface area (TPSA) is 72.0 Å². The number of ether oxygens (including phenoxy) is 1. The van der Waals surface area contributed by atoms with Gasteiger partial charge in [-0.05, 0) is 13.3 Å². The van der Waals surface area contributed by atoms with Gasteiger partial charge in [0.25, 0.3) is 0 Å². The standard InChI is InChI=1S/C11H19N3OS/c1-3-9(6-11(12)13)15-5-4-10-8(2)14-7-16-10/h7,9H,3-6H2,1-2H3,(H3,12,13). The largest absolute Gasteiger partial charge is 0.388 e. The van der Waals surface area contributed by atoms with Crippen LogP contribution < -0.4 is 5.73 Å². The Balaban J connectivity index is 2.28. The van der Waals surface area contributed by atoms with Gasteiger partial charge in [-0.1, -0.05) is 6.92 Å². The number of nitrogens with zero attached hydrogens (tertiary/aromatic N) is 1. The summed E-state index contributed by atoms with van der Waals surface area (Å²) in [4.78, 5) is 5.47. The Morgan fingerprint density at radius 3 is 2.94 bits per heavy atom. The van der Waals surface area contributed by atoms with Crippen LogP contribution in [0.1, 0.15) is 30.3 Å². The van der Waals surface area contributed by atoms with E-state index in [1.807, 2.05) is 19.4 Å². The summed E-state index contributed by atoms with van der Waals surface area (Å²) in [5.41, 5.74) is 8.30. The molecule has 0 amide bonds. The molecule has 4 nitrogen and oxygen atoms in total. The lowest BCUT2D eigenvalue weighted by molar-refractivity contribution is 0.0579. The fourth-order valence-corrected chi connectivity index (χ4v) is 2.21. The van der Waals surface area contributed by atoms with Gasteiger partial charge in [-0.2, -0.15) is 0 Å². The molecule has 0 spiro atoms. The van der Waals surface area contributed by atoms with Gasteiger partial charge in [0.05, 0.1) is 29.8 Å². The highest BCUT2D eigenvalue weighted by atomic mass is 32.1. The Hall–Kier alpha value is -0.940. The van der Waals surface area contributed by atoms with E-state index in [4.69, 9.17) is 15.9 Å². The van der Waals surface area contributed by atoms with Gasteiger partial charge in [-0.25, -0.2) is 4.98 Å². The summed E-state index contributed by atoms with van der Waals surface area (Å²) in [7, 11) is 0. The average molecular weight is 241 g/mol. The van der Waals surface area contributed by atoms with Gasteiger partial charge in [0, 0.05) is 17.7 Å². The molecule has 0 saturated carbocycles. The molecule has 1 unspecified atom stereocenters. The second-order valence-electron chi connectivity index (χ2n) is 3.74. The predicted molar refractivity (Wildman–Crippen MR) is 67.1 cm³/mol. The van der Waals surface area contributed by atoms with Crippen molar-refractivity contribution < 1.29 is 4.74 Å². The number of hydrogen-bond acceptors (Lipinski definition) is 4. The first-order valence-corrected chi connectivity index (χ1v) is 6.35. The molecule has 1 rings (SSSR count). The minimum Gasteiger partial charge on any atom is -0.388 e. The van der Waals surface area contributed by atoms with Crippen molar-refractivity contribution in [3.8, 4) is 0 Å². The lowest BCUT2D eigenvalue weighted by atomic mass is 10.2. The van der Waals surface area contributed by atoms with Gasteiger partial charge in [-0.3, -0.25) is 5.41 Å². The highest BCUT2D eigenvalue weighted by Gasteiger charge is 2.09. The smallest absolute Gasteiger partial charge is 0.0931 e. The normalized spacial score (nSPS) is 12.6. The summed E-state index contributed by atoms with van der Waals surface area (Å²) in [5.74, 6) is 0.195. The molecule has 3 N–H and O–H groups in total. The van der Waals surface area contributed by atoms with Crippen molar-refractivity contribution in [3.63, 3.8) is 0 Å². The second-order valence-corrected chi connectivity index (χ2v) is 4.68. The number of nitrogens with two attached hydrogens (primary N) is 1. The van der Waals surface area contributed by atoms with Crippen LogP contribution in [0.5, 0.6) is 0 Å². The number of amidine groups is 1. The molecule has 1 aromatic rings. The minimum atomic E-state index is 0.0747. The summed E-state index contributed by atoms with van der Waals surface area (Å²) in [6, 6.07) is 0. The zero-order valence-electron chi connectivity index (χ0n) is 9.82. The maximum absolute atomic E-state index is 7.23. The van der Waals surface area contributed by atoms with Crippen molar-refractivity contribution in [2.24, 2.45) is 5.73 Å². The molecular weight excluding hydrogens is 222 g/mol. The molecule has 16 heavy (non-hydrogen) atoms. The molecule has 0 saturated heterocycles. The number of nitrogens with one attached hydrogen (secondary N) is 1. The van der Waals surface area contributed by atoms with Crippen LogP contribution in [0.3, 0.4) is 0 Å². The van der Waals surface area contributed by atoms with E-state index in [9.17, 15) is 0 Å². The molecular formula is C11H19N3OS. The zero-order valence-corrected chi connectivity index (χ0v) is 10.6.